The summed E-state index contributed by atoms with van der Waals surface area (Å²) in [6, 6.07) is 5.53. The largest absolute Gasteiger partial charge is 0.489 e. The number of aromatic nitrogens is 2. The monoisotopic (exact) mass is 295 g/mol. The Morgan fingerprint density at radius 2 is 2.24 bits per heavy atom. The number of hydrogen-bond acceptors (Lipinski definition) is 3. The Morgan fingerprint density at radius 3 is 2.88 bits per heavy atom. The second-order valence-electron chi connectivity index (χ2n) is 3.71. The van der Waals surface area contributed by atoms with E-state index in [0.29, 0.717) is 12.3 Å². The van der Waals surface area contributed by atoms with Gasteiger partial charge < -0.3 is 10.5 Å². The Morgan fingerprint density at radius 1 is 1.41 bits per heavy atom. The Balaban J connectivity index is 2.01. The van der Waals surface area contributed by atoms with Crippen molar-refractivity contribution in [2.75, 3.05) is 5.73 Å². The molecule has 2 rings (SSSR count). The fourth-order valence-corrected chi connectivity index (χ4v) is 1.98. The molecule has 2 N–H and O–H groups in total. The van der Waals surface area contributed by atoms with Gasteiger partial charge in [-0.25, -0.2) is 0 Å². The third-order valence-electron chi connectivity index (χ3n) is 2.31. The highest BCUT2D eigenvalue weighted by Crippen LogP contribution is 2.23. The van der Waals surface area contributed by atoms with E-state index in [0.717, 1.165) is 22.3 Å². The van der Waals surface area contributed by atoms with Crippen molar-refractivity contribution in [1.82, 2.24) is 9.78 Å². The number of halogens is 1. The predicted octanol–water partition coefficient (Wildman–Crippen LogP) is 2.83. The third-order valence-corrected chi connectivity index (χ3v) is 2.77. The van der Waals surface area contributed by atoms with Crippen LogP contribution in [0.4, 0.5) is 5.69 Å². The summed E-state index contributed by atoms with van der Waals surface area (Å²) in [4.78, 5) is 0. The third kappa shape index (κ3) is 3.23. The Labute approximate surface area is 109 Å². The zero-order chi connectivity index (χ0) is 12.3. The molecule has 1 aromatic carbocycles. The van der Waals surface area contributed by atoms with E-state index in [9.17, 15) is 0 Å². The van der Waals surface area contributed by atoms with Crippen LogP contribution in [0, 0.1) is 0 Å². The molecule has 1 aromatic heterocycles. The maximum absolute atomic E-state index is 5.73. The van der Waals surface area contributed by atoms with Gasteiger partial charge in [0.2, 0.25) is 0 Å². The number of nitrogens with two attached hydrogens (primary N) is 1. The van der Waals surface area contributed by atoms with Crippen LogP contribution in [0.2, 0.25) is 0 Å². The summed E-state index contributed by atoms with van der Waals surface area (Å²) in [6.07, 6.45) is 3.78. The smallest absolute Gasteiger partial charge is 0.122 e. The number of nitrogen functional groups attached to an aromatic ring is 1. The molecule has 4 nitrogen and oxygen atoms in total. The van der Waals surface area contributed by atoms with Gasteiger partial charge >= 0.3 is 0 Å². The molecule has 0 aliphatic heterocycles. The molecule has 0 atom stereocenters. The molecule has 17 heavy (non-hydrogen) atoms. The first kappa shape index (κ1) is 12.0. The van der Waals surface area contributed by atoms with Crippen molar-refractivity contribution in [1.29, 1.82) is 0 Å². The first-order valence-corrected chi connectivity index (χ1v) is 6.17. The normalized spacial score (nSPS) is 10.5. The maximum atomic E-state index is 5.73. The lowest BCUT2D eigenvalue weighted by atomic mass is 10.3. The van der Waals surface area contributed by atoms with Gasteiger partial charge in [0.05, 0.1) is 6.20 Å². The summed E-state index contributed by atoms with van der Waals surface area (Å²) in [5.74, 6) is 0.751. The standard InChI is InChI=1S/C12H14BrN3O/c1-2-16-7-9(6-15-16)8-17-12-4-10(13)3-11(14)5-12/h3-7H,2,8,14H2,1H3. The van der Waals surface area contributed by atoms with Crippen LogP contribution in [0.1, 0.15) is 12.5 Å². The fraction of sp³-hybridized carbons (Fsp3) is 0.250. The number of ether oxygens (including phenoxy) is 1. The minimum Gasteiger partial charge on any atom is -0.489 e. The van der Waals surface area contributed by atoms with E-state index in [-0.39, 0.29) is 0 Å². The molecule has 0 unspecified atom stereocenters. The molecular formula is C12H14BrN3O. The van der Waals surface area contributed by atoms with E-state index >= 15 is 0 Å². The molecule has 0 spiro atoms. The second kappa shape index (κ2) is 5.23. The number of hydrogen-bond donors (Lipinski definition) is 1. The van der Waals surface area contributed by atoms with Gasteiger partial charge in [-0.1, -0.05) is 15.9 Å². The van der Waals surface area contributed by atoms with Crippen molar-refractivity contribution >= 4 is 21.6 Å². The highest BCUT2D eigenvalue weighted by molar-refractivity contribution is 9.10. The highest BCUT2D eigenvalue weighted by Gasteiger charge is 2.01. The topological polar surface area (TPSA) is 53.1 Å². The first-order chi connectivity index (χ1) is 8.17. The maximum Gasteiger partial charge on any atom is 0.122 e. The van der Waals surface area contributed by atoms with Gasteiger partial charge in [-0.3, -0.25) is 4.68 Å². The highest BCUT2D eigenvalue weighted by atomic mass is 79.9. The van der Waals surface area contributed by atoms with Crippen LogP contribution in [0.15, 0.2) is 35.1 Å². The van der Waals surface area contributed by atoms with Crippen molar-refractivity contribution in [3.05, 3.63) is 40.6 Å². The molecular weight excluding hydrogens is 282 g/mol. The second-order valence-corrected chi connectivity index (χ2v) is 4.63. The molecule has 1 heterocycles. The summed E-state index contributed by atoms with van der Waals surface area (Å²) in [6.45, 7) is 3.41. The minimum absolute atomic E-state index is 0.496. The molecule has 5 heteroatoms. The van der Waals surface area contributed by atoms with Crippen LogP contribution < -0.4 is 10.5 Å². The van der Waals surface area contributed by atoms with Gasteiger partial charge in [-0.15, -0.1) is 0 Å². The summed E-state index contributed by atoms with van der Waals surface area (Å²) in [5.41, 5.74) is 7.45. The molecule has 0 bridgehead atoms. The summed E-state index contributed by atoms with van der Waals surface area (Å²) in [5, 5.41) is 4.18. The Hall–Kier alpha value is -1.49. The van der Waals surface area contributed by atoms with Crippen LogP contribution in [-0.2, 0) is 13.2 Å². The van der Waals surface area contributed by atoms with E-state index in [1.54, 1.807) is 6.07 Å². The zero-order valence-electron chi connectivity index (χ0n) is 9.56. The van der Waals surface area contributed by atoms with Gasteiger partial charge in [-0.2, -0.15) is 5.10 Å². The molecule has 0 aliphatic rings. The van der Waals surface area contributed by atoms with Gasteiger partial charge in [0.1, 0.15) is 12.4 Å². The van der Waals surface area contributed by atoms with E-state index in [2.05, 4.69) is 21.0 Å². The fourth-order valence-electron chi connectivity index (χ4n) is 1.49. The van der Waals surface area contributed by atoms with Crippen molar-refractivity contribution in [2.45, 2.75) is 20.1 Å². The molecule has 90 valence electrons. The van der Waals surface area contributed by atoms with Crippen molar-refractivity contribution in [3.8, 4) is 5.75 Å². The lowest BCUT2D eigenvalue weighted by Crippen LogP contribution is -1.96. The summed E-state index contributed by atoms with van der Waals surface area (Å²) >= 11 is 3.38. The van der Waals surface area contributed by atoms with E-state index in [1.165, 1.54) is 0 Å². The molecule has 0 fully saturated rings. The minimum atomic E-state index is 0.496. The van der Waals surface area contributed by atoms with Gasteiger partial charge in [-0.05, 0) is 19.1 Å². The van der Waals surface area contributed by atoms with Crippen LogP contribution in [0.3, 0.4) is 0 Å². The van der Waals surface area contributed by atoms with Crippen molar-refractivity contribution in [3.63, 3.8) is 0 Å². The van der Waals surface area contributed by atoms with Gasteiger partial charge in [0.25, 0.3) is 0 Å². The van der Waals surface area contributed by atoms with Gasteiger partial charge in [0, 0.05) is 34.5 Å². The Kier molecular flexibility index (Phi) is 3.68. The number of anilines is 1. The van der Waals surface area contributed by atoms with Gasteiger partial charge in [0.15, 0.2) is 0 Å². The van der Waals surface area contributed by atoms with Crippen LogP contribution in [0.5, 0.6) is 5.75 Å². The lowest BCUT2D eigenvalue weighted by Gasteiger charge is -2.06. The molecule has 0 saturated carbocycles. The average Bonchev–Trinajstić information content (AvgIpc) is 2.73. The molecule has 0 radical (unpaired) electrons. The first-order valence-electron chi connectivity index (χ1n) is 5.37. The quantitative estimate of drug-likeness (QED) is 0.883. The zero-order valence-corrected chi connectivity index (χ0v) is 11.1. The van der Waals surface area contributed by atoms with Crippen LogP contribution in [0.25, 0.3) is 0 Å². The van der Waals surface area contributed by atoms with Crippen molar-refractivity contribution in [2.24, 2.45) is 0 Å². The number of aryl methyl sites for hydroxylation is 1. The SMILES string of the molecule is CCn1cc(COc2cc(N)cc(Br)c2)cn1. The van der Waals surface area contributed by atoms with Crippen molar-refractivity contribution < 1.29 is 4.74 Å². The lowest BCUT2D eigenvalue weighted by molar-refractivity contribution is 0.306. The molecule has 0 saturated heterocycles. The Bertz CT molecular complexity index is 490. The molecule has 0 amide bonds. The van der Waals surface area contributed by atoms with E-state index in [4.69, 9.17) is 10.5 Å². The van der Waals surface area contributed by atoms with E-state index < -0.39 is 0 Å². The number of benzene rings is 1. The number of nitrogens with zero attached hydrogens (tertiary/aromatic N) is 2. The summed E-state index contributed by atoms with van der Waals surface area (Å²) in [7, 11) is 0. The average molecular weight is 296 g/mol. The van der Waals surface area contributed by atoms with Crippen LogP contribution >= 0.6 is 15.9 Å². The van der Waals surface area contributed by atoms with Crippen LogP contribution in [-0.4, -0.2) is 9.78 Å². The van der Waals surface area contributed by atoms with E-state index in [1.807, 2.05) is 36.1 Å². The summed E-state index contributed by atoms with van der Waals surface area (Å²) < 4.78 is 8.43. The molecule has 2 aromatic rings. The number of rotatable bonds is 4. The predicted molar refractivity (Wildman–Crippen MR) is 70.8 cm³/mol. The molecule has 0 aliphatic carbocycles.